The maximum atomic E-state index is 4.67. The molecule has 4 aromatic carbocycles. The molecule has 4 rings (SSSR count). The average molecular weight is 338 g/mol. The molecule has 112 valence electrons. The molecule has 2 nitrogen and oxygen atoms in total. The van der Waals surface area contributed by atoms with Gasteiger partial charge in [0, 0.05) is 0 Å². The van der Waals surface area contributed by atoms with Gasteiger partial charge in [0.05, 0.1) is 0 Å². The van der Waals surface area contributed by atoms with E-state index in [1.54, 1.807) is 0 Å². The zero-order chi connectivity index (χ0) is 15.5. The Kier molecular flexibility index (Phi) is 3.89. The predicted molar refractivity (Wildman–Crippen MR) is 92.1 cm³/mol. The zero-order valence-electron chi connectivity index (χ0n) is 12.3. The predicted octanol–water partition coefficient (Wildman–Crippen LogP) is 6.41. The van der Waals surface area contributed by atoms with Gasteiger partial charge >= 0.3 is 140 Å². The van der Waals surface area contributed by atoms with Gasteiger partial charge in [-0.25, -0.2) is 0 Å². The van der Waals surface area contributed by atoms with E-state index in [0.29, 0.717) is 14.6 Å². The quantitative estimate of drug-likeness (QED) is 0.378. The van der Waals surface area contributed by atoms with Gasteiger partial charge in [0.2, 0.25) is 0 Å². The van der Waals surface area contributed by atoms with E-state index in [0.717, 1.165) is 11.4 Å². The van der Waals surface area contributed by atoms with Crippen molar-refractivity contribution in [2.75, 3.05) is 0 Å². The van der Waals surface area contributed by atoms with Crippen molar-refractivity contribution in [3.8, 4) is 0 Å². The molecule has 0 unspecified atom stereocenters. The normalized spacial score (nSPS) is 10.8. The van der Waals surface area contributed by atoms with E-state index >= 15 is 0 Å². The van der Waals surface area contributed by atoms with Crippen LogP contribution in [-0.2, 0) is 14.6 Å². The van der Waals surface area contributed by atoms with E-state index in [2.05, 4.69) is 44.3 Å². The van der Waals surface area contributed by atoms with Crippen LogP contribution in [0.25, 0.3) is 21.5 Å². The third-order valence-electron chi connectivity index (χ3n) is 3.77. The third kappa shape index (κ3) is 2.89. The molecule has 0 N–H and O–H groups in total. The van der Waals surface area contributed by atoms with Crippen molar-refractivity contribution in [2.45, 2.75) is 0 Å². The molecule has 0 aliphatic rings. The Morgan fingerprint density at radius 2 is 0.913 bits per heavy atom. The summed E-state index contributed by atoms with van der Waals surface area (Å²) in [7, 11) is 0. The van der Waals surface area contributed by atoms with Gasteiger partial charge < -0.3 is 0 Å². The van der Waals surface area contributed by atoms with Crippen LogP contribution in [0.4, 0.5) is 11.4 Å². The molecule has 0 bridgehead atoms. The van der Waals surface area contributed by atoms with E-state index in [-0.39, 0.29) is 0 Å². The summed E-state index contributed by atoms with van der Waals surface area (Å²) >= 11 is 0.433. The molecule has 0 aromatic heterocycles. The van der Waals surface area contributed by atoms with Gasteiger partial charge in [0.25, 0.3) is 0 Å². The molecule has 0 fully saturated rings. The van der Waals surface area contributed by atoms with Crippen LogP contribution in [0.5, 0.6) is 0 Å². The number of nitrogens with zero attached hydrogens (tertiary/aromatic N) is 2. The summed E-state index contributed by atoms with van der Waals surface area (Å²) in [5, 5.41) is 4.75. The molecule has 0 aliphatic heterocycles. The molecule has 0 saturated carbocycles. The van der Waals surface area contributed by atoms with Crippen molar-refractivity contribution in [3.05, 3.63) is 84.9 Å². The Labute approximate surface area is 140 Å². The van der Waals surface area contributed by atoms with Crippen molar-refractivity contribution in [3.63, 3.8) is 0 Å². The van der Waals surface area contributed by atoms with Gasteiger partial charge in [-0.15, -0.1) is 0 Å². The van der Waals surface area contributed by atoms with Gasteiger partial charge in [-0.1, -0.05) is 0 Å². The number of hydrogen-bond acceptors (Lipinski definition) is 2. The van der Waals surface area contributed by atoms with Gasteiger partial charge in [-0.2, -0.15) is 0 Å². The fraction of sp³-hybridized carbons (Fsp3) is 0. The molecule has 4 aromatic rings. The van der Waals surface area contributed by atoms with E-state index in [1.165, 1.54) is 21.5 Å². The summed E-state index contributed by atoms with van der Waals surface area (Å²) in [6, 6.07) is 29.0. The maximum absolute atomic E-state index is 4.67. The first kappa shape index (κ1) is 14.1. The van der Waals surface area contributed by atoms with Crippen LogP contribution in [-0.4, -0.2) is 0 Å². The summed E-state index contributed by atoms with van der Waals surface area (Å²) < 4.78 is 9.34. The number of benzene rings is 4. The second-order valence-corrected chi connectivity index (χ2v) is 5.94. The number of rotatable bonds is 2. The number of hydrogen-bond donors (Lipinski definition) is 0. The molecule has 0 aliphatic carbocycles. The Morgan fingerprint density at radius 3 is 1.43 bits per heavy atom. The molecular weight excluding hydrogens is 324 g/mol. The summed E-state index contributed by atoms with van der Waals surface area (Å²) in [5.41, 5.74) is 1.99. The van der Waals surface area contributed by atoms with Crippen molar-refractivity contribution < 1.29 is 14.6 Å². The van der Waals surface area contributed by atoms with Crippen LogP contribution >= 0.6 is 0 Å². The third-order valence-corrected chi connectivity index (χ3v) is 4.53. The van der Waals surface area contributed by atoms with Crippen LogP contribution < -0.4 is 0 Å². The van der Waals surface area contributed by atoms with Crippen molar-refractivity contribution in [1.29, 1.82) is 0 Å². The Hall–Kier alpha value is -2.48. The van der Waals surface area contributed by atoms with Crippen molar-refractivity contribution >= 4 is 32.9 Å². The van der Waals surface area contributed by atoms with E-state index in [9.17, 15) is 0 Å². The van der Waals surface area contributed by atoms with Crippen LogP contribution in [0.2, 0.25) is 0 Å². The first-order valence-electron chi connectivity index (χ1n) is 7.41. The van der Waals surface area contributed by atoms with Gasteiger partial charge in [0.15, 0.2) is 0 Å². The Balaban J connectivity index is 1.79. The number of fused-ring (bicyclic) bond motifs is 2. The molecule has 0 radical (unpaired) electrons. The van der Waals surface area contributed by atoms with E-state index < -0.39 is 0 Å². The van der Waals surface area contributed by atoms with Gasteiger partial charge in [-0.3, -0.25) is 0 Å². The molecule has 0 spiro atoms. The second kappa shape index (κ2) is 6.33. The Morgan fingerprint density at radius 1 is 0.478 bits per heavy atom. The van der Waals surface area contributed by atoms with Crippen molar-refractivity contribution in [2.24, 2.45) is 7.92 Å². The zero-order valence-corrected chi connectivity index (χ0v) is 13.4. The topological polar surface area (TPSA) is 24.7 Å². The summed E-state index contributed by atoms with van der Waals surface area (Å²) in [6.07, 6.45) is 0. The molecule has 0 amide bonds. The summed E-state index contributed by atoms with van der Waals surface area (Å²) in [4.78, 5) is 0. The summed E-state index contributed by atoms with van der Waals surface area (Å²) in [6.45, 7) is 0. The minimum absolute atomic E-state index is 0.433. The Bertz CT molecular complexity index is 969. The first-order valence-corrected chi connectivity index (χ1v) is 8.39. The van der Waals surface area contributed by atoms with Crippen molar-refractivity contribution in [1.82, 2.24) is 0 Å². The molecule has 0 atom stereocenters. The second-order valence-electron chi connectivity index (χ2n) is 5.23. The fourth-order valence-electron chi connectivity index (χ4n) is 2.65. The fourth-order valence-corrected chi connectivity index (χ4v) is 3.37. The molecule has 23 heavy (non-hydrogen) atoms. The van der Waals surface area contributed by atoms with Crippen LogP contribution in [0.1, 0.15) is 0 Å². The van der Waals surface area contributed by atoms with Gasteiger partial charge in [-0.05, 0) is 0 Å². The van der Waals surface area contributed by atoms with Crippen LogP contribution in [0, 0.1) is 0 Å². The minimum atomic E-state index is 0.433. The van der Waals surface area contributed by atoms with Crippen LogP contribution in [0.3, 0.4) is 0 Å². The SMILES string of the molecule is c1ccc2c([N]=[Fe]=[N]c3cccc4ccccc34)cccc2c1. The summed E-state index contributed by atoms with van der Waals surface area (Å²) in [5.74, 6) is 0. The molecular formula is C20H14FeN2. The molecule has 0 saturated heterocycles. The first-order chi connectivity index (χ1) is 11.4. The molecule has 0 heterocycles. The van der Waals surface area contributed by atoms with Gasteiger partial charge in [0.1, 0.15) is 0 Å². The monoisotopic (exact) mass is 338 g/mol. The molecule has 3 heteroatoms. The standard InChI is InChI=1S/2C10H7N.Fe/c2*11-10-7-3-5-8-4-1-2-6-9(8)10;/h2*1-7H;. The average Bonchev–Trinajstić information content (AvgIpc) is 2.62. The van der Waals surface area contributed by atoms with E-state index in [4.69, 9.17) is 0 Å². The van der Waals surface area contributed by atoms with E-state index in [1.807, 2.05) is 48.5 Å². The van der Waals surface area contributed by atoms with Crippen LogP contribution in [0.15, 0.2) is 92.9 Å².